The molecule has 3 atom stereocenters. The number of alkyl halides is 1. The van der Waals surface area contributed by atoms with Gasteiger partial charge in [0.1, 0.15) is 12.5 Å². The molecule has 5 heteroatoms. The van der Waals surface area contributed by atoms with Crippen LogP contribution in [0.1, 0.15) is 26.2 Å². The zero-order valence-corrected chi connectivity index (χ0v) is 13.1. The maximum absolute atomic E-state index is 11.7. The van der Waals surface area contributed by atoms with Crippen LogP contribution in [0, 0.1) is 17.8 Å². The number of carbonyl (C=O) groups excluding carboxylic acids is 1. The molecule has 3 aliphatic rings. The molecule has 2 saturated carbocycles. The smallest absolute Gasteiger partial charge is 0.330 e. The second kappa shape index (κ2) is 5.43. The van der Waals surface area contributed by atoms with Crippen LogP contribution in [0.15, 0.2) is 24.2 Å². The molecule has 110 valence electrons. The largest absolute Gasteiger partial charge is 0.463 e. The average Bonchev–Trinajstić information content (AvgIpc) is 3.03. The van der Waals surface area contributed by atoms with Gasteiger partial charge in [0.15, 0.2) is 0 Å². The van der Waals surface area contributed by atoms with E-state index in [4.69, 9.17) is 14.2 Å². The molecule has 0 bridgehead atoms. The van der Waals surface area contributed by atoms with Crippen molar-refractivity contribution < 1.29 is 19.0 Å². The van der Waals surface area contributed by atoms with Crippen LogP contribution < -0.4 is 0 Å². The van der Waals surface area contributed by atoms with Gasteiger partial charge in [-0.1, -0.05) is 21.5 Å². The third kappa shape index (κ3) is 1.98. The molecule has 0 unspecified atom stereocenters. The van der Waals surface area contributed by atoms with Crippen LogP contribution in [-0.4, -0.2) is 23.7 Å². The molecule has 20 heavy (non-hydrogen) atoms. The molecule has 1 spiro atoms. The Morgan fingerprint density at radius 3 is 2.95 bits per heavy atom. The van der Waals surface area contributed by atoms with Gasteiger partial charge in [0.05, 0.1) is 6.61 Å². The van der Waals surface area contributed by atoms with Crippen LogP contribution in [0.4, 0.5) is 0 Å². The maximum Gasteiger partial charge on any atom is 0.330 e. The Bertz CT molecular complexity index is 449. The van der Waals surface area contributed by atoms with Gasteiger partial charge in [-0.2, -0.15) is 0 Å². The van der Waals surface area contributed by atoms with Crippen molar-refractivity contribution in [2.45, 2.75) is 32.0 Å². The third-order valence-electron chi connectivity index (χ3n) is 4.64. The summed E-state index contributed by atoms with van der Waals surface area (Å²) < 4.78 is 16.6. The molecule has 0 aromatic heterocycles. The van der Waals surface area contributed by atoms with E-state index in [0.29, 0.717) is 24.4 Å². The molecule has 2 aliphatic carbocycles. The first-order valence-corrected chi connectivity index (χ1v) is 8.29. The first-order chi connectivity index (χ1) is 9.73. The zero-order chi connectivity index (χ0) is 14.2. The Hall–Kier alpha value is -0.970. The first kappa shape index (κ1) is 14.0. The second-order valence-electron chi connectivity index (χ2n) is 5.46. The van der Waals surface area contributed by atoms with Gasteiger partial charge in [0.25, 0.3) is 5.79 Å². The van der Waals surface area contributed by atoms with Crippen molar-refractivity contribution in [3.05, 3.63) is 24.2 Å². The molecule has 4 nitrogen and oxygen atoms in total. The summed E-state index contributed by atoms with van der Waals surface area (Å²) in [7, 11) is 0. The van der Waals surface area contributed by atoms with Gasteiger partial charge in [-0.25, -0.2) is 4.79 Å². The molecule has 0 aromatic carbocycles. The van der Waals surface area contributed by atoms with E-state index in [0.717, 1.165) is 24.6 Å². The van der Waals surface area contributed by atoms with Crippen molar-refractivity contribution >= 4 is 21.9 Å². The minimum atomic E-state index is -0.483. The van der Waals surface area contributed by atoms with Crippen molar-refractivity contribution in [1.29, 1.82) is 0 Å². The van der Waals surface area contributed by atoms with Crippen LogP contribution in [0.25, 0.3) is 0 Å². The standard InChI is InChI=1S/C15H19BrO4/c1-2-18-13(17)9-10-3-4-11-14(10)12(5-6-16)15(11)19-7-8-20-15/h7-9,11-12,14H,2-6H2,1H3/t11-,12+,14+/m1/s1. The monoisotopic (exact) mass is 342 g/mol. The summed E-state index contributed by atoms with van der Waals surface area (Å²) in [6.45, 7) is 2.24. The van der Waals surface area contributed by atoms with E-state index in [1.165, 1.54) is 5.57 Å². The van der Waals surface area contributed by atoms with Gasteiger partial charge < -0.3 is 14.2 Å². The van der Waals surface area contributed by atoms with E-state index in [-0.39, 0.29) is 5.97 Å². The van der Waals surface area contributed by atoms with Crippen LogP contribution in [0.5, 0.6) is 0 Å². The van der Waals surface area contributed by atoms with Gasteiger partial charge in [-0.15, -0.1) is 0 Å². The summed E-state index contributed by atoms with van der Waals surface area (Å²) in [4.78, 5) is 11.7. The highest BCUT2D eigenvalue weighted by molar-refractivity contribution is 9.09. The molecule has 0 amide bonds. The summed E-state index contributed by atoms with van der Waals surface area (Å²) in [6.07, 6.45) is 7.89. The normalized spacial score (nSPS) is 34.5. The van der Waals surface area contributed by atoms with Gasteiger partial charge >= 0.3 is 5.97 Å². The quantitative estimate of drug-likeness (QED) is 0.447. The Labute approximate surface area is 127 Å². The number of hydrogen-bond donors (Lipinski definition) is 0. The van der Waals surface area contributed by atoms with Crippen LogP contribution in [0.2, 0.25) is 0 Å². The predicted molar refractivity (Wildman–Crippen MR) is 76.9 cm³/mol. The van der Waals surface area contributed by atoms with Crippen molar-refractivity contribution in [1.82, 2.24) is 0 Å². The average molecular weight is 343 g/mol. The SMILES string of the molecule is CCOC(=O)C=C1CC[C@@H]2[C@H]1[C@H](CCBr)C21OC=CO1. The number of rotatable bonds is 4. The Kier molecular flexibility index (Phi) is 3.80. The number of carbonyl (C=O) groups is 1. The van der Waals surface area contributed by atoms with Crippen molar-refractivity contribution in [2.75, 3.05) is 11.9 Å². The van der Waals surface area contributed by atoms with Gasteiger partial charge in [0.2, 0.25) is 0 Å². The minimum absolute atomic E-state index is 0.229. The van der Waals surface area contributed by atoms with E-state index < -0.39 is 5.79 Å². The van der Waals surface area contributed by atoms with E-state index in [9.17, 15) is 4.79 Å². The summed E-state index contributed by atoms with van der Waals surface area (Å²) in [5.74, 6) is 0.320. The number of halogens is 1. The molecule has 0 aromatic rings. The Morgan fingerprint density at radius 1 is 1.55 bits per heavy atom. The van der Waals surface area contributed by atoms with Crippen LogP contribution >= 0.6 is 15.9 Å². The molecule has 0 N–H and O–H groups in total. The van der Waals surface area contributed by atoms with Crippen molar-refractivity contribution in [3.8, 4) is 0 Å². The van der Waals surface area contributed by atoms with E-state index in [1.807, 2.05) is 6.92 Å². The lowest BCUT2D eigenvalue weighted by atomic mass is 9.59. The summed E-state index contributed by atoms with van der Waals surface area (Å²) in [6, 6.07) is 0. The van der Waals surface area contributed by atoms with Crippen LogP contribution in [0.3, 0.4) is 0 Å². The lowest BCUT2D eigenvalue weighted by Gasteiger charge is -2.54. The number of allylic oxidation sites excluding steroid dienone is 1. The Balaban J connectivity index is 1.78. The predicted octanol–water partition coefficient (Wildman–Crippen LogP) is 3.13. The first-order valence-electron chi connectivity index (χ1n) is 7.16. The minimum Gasteiger partial charge on any atom is -0.463 e. The van der Waals surface area contributed by atoms with E-state index in [2.05, 4.69) is 15.9 Å². The third-order valence-corrected chi connectivity index (χ3v) is 5.10. The van der Waals surface area contributed by atoms with Crippen molar-refractivity contribution in [3.63, 3.8) is 0 Å². The van der Waals surface area contributed by atoms with Gasteiger partial charge in [0, 0.05) is 29.2 Å². The fraction of sp³-hybridized carbons (Fsp3) is 0.667. The summed E-state index contributed by atoms with van der Waals surface area (Å²) >= 11 is 3.51. The second-order valence-corrected chi connectivity index (χ2v) is 6.25. The molecule has 2 fully saturated rings. The highest BCUT2D eigenvalue weighted by Crippen LogP contribution is 2.64. The number of fused-ring (bicyclic) bond motifs is 2. The molecule has 1 heterocycles. The molecular weight excluding hydrogens is 324 g/mol. The Morgan fingerprint density at radius 2 is 2.30 bits per heavy atom. The maximum atomic E-state index is 11.7. The van der Waals surface area contributed by atoms with Crippen LogP contribution in [-0.2, 0) is 19.0 Å². The van der Waals surface area contributed by atoms with E-state index >= 15 is 0 Å². The molecular formula is C15H19BrO4. The van der Waals surface area contributed by atoms with E-state index in [1.54, 1.807) is 18.6 Å². The van der Waals surface area contributed by atoms with Gasteiger partial charge in [-0.3, -0.25) is 0 Å². The molecule has 0 saturated heterocycles. The number of esters is 1. The lowest BCUT2D eigenvalue weighted by Crippen LogP contribution is -2.61. The highest BCUT2D eigenvalue weighted by Gasteiger charge is 2.69. The van der Waals surface area contributed by atoms with Crippen molar-refractivity contribution in [2.24, 2.45) is 17.8 Å². The molecule has 1 aliphatic heterocycles. The fourth-order valence-corrected chi connectivity index (χ4v) is 4.46. The molecule has 0 radical (unpaired) electrons. The topological polar surface area (TPSA) is 44.8 Å². The van der Waals surface area contributed by atoms with Gasteiger partial charge in [-0.05, 0) is 26.2 Å². The summed E-state index contributed by atoms with van der Waals surface area (Å²) in [5, 5.41) is 0.905. The molecule has 3 rings (SSSR count). The number of hydrogen-bond acceptors (Lipinski definition) is 4. The zero-order valence-electron chi connectivity index (χ0n) is 11.5. The number of ether oxygens (including phenoxy) is 3. The lowest BCUT2D eigenvalue weighted by molar-refractivity contribution is -0.296. The fourth-order valence-electron chi connectivity index (χ4n) is 3.97. The highest BCUT2D eigenvalue weighted by atomic mass is 79.9. The summed E-state index contributed by atoms with van der Waals surface area (Å²) in [5.41, 5.74) is 1.20.